The fourth-order valence-electron chi connectivity index (χ4n) is 5.94. The lowest BCUT2D eigenvalue weighted by Crippen LogP contribution is -2.65. The summed E-state index contributed by atoms with van der Waals surface area (Å²) in [7, 11) is 3.02. The molecule has 13 nitrogen and oxygen atoms in total. The average molecular weight is 578 g/mol. The molecule has 0 spiro atoms. The van der Waals surface area contributed by atoms with Crippen LogP contribution in [0.4, 0.5) is 0 Å². The highest BCUT2D eigenvalue weighted by Crippen LogP contribution is 2.39. The molecule has 0 saturated carbocycles. The van der Waals surface area contributed by atoms with Crippen LogP contribution in [0.15, 0.2) is 12.1 Å². The maximum Gasteiger partial charge on any atom is 0.247 e. The van der Waals surface area contributed by atoms with Gasteiger partial charge in [0, 0.05) is 19.5 Å². The second-order valence-electron chi connectivity index (χ2n) is 11.0. The van der Waals surface area contributed by atoms with Crippen LogP contribution in [0.2, 0.25) is 0 Å². The summed E-state index contributed by atoms with van der Waals surface area (Å²) >= 11 is 0. The van der Waals surface area contributed by atoms with E-state index in [1.807, 2.05) is 13.0 Å². The van der Waals surface area contributed by atoms with E-state index in [-0.39, 0.29) is 19.4 Å². The second-order valence-corrected chi connectivity index (χ2v) is 11.0. The maximum absolute atomic E-state index is 14.2. The minimum atomic E-state index is -1.46. The number of carbonyl (C=O) groups is 4. The topological polar surface area (TPSA) is 198 Å². The third-order valence-corrected chi connectivity index (χ3v) is 8.10. The van der Waals surface area contributed by atoms with E-state index in [0.717, 1.165) is 5.56 Å². The standard InChI is InChI=1S/C28H43N5O8/c1-15-12-18(13-20(40-4)23(15)41-5)14-28(27(39)31-22(17(3)35)24(30)36)9-7-11-33(28)25(37)19-8-6-10-32(19)26(38)21(29)16(2)34/h12-13,16-17,19,21-22,34-35H,6-11,14,29H2,1-5H3,(H2,30,36)(H,31,39)/t16-,17-,19+,21+,22+,28-/m1/s1. The number of benzene rings is 1. The zero-order chi connectivity index (χ0) is 30.6. The molecule has 41 heavy (non-hydrogen) atoms. The molecule has 2 fully saturated rings. The molecule has 6 atom stereocenters. The van der Waals surface area contributed by atoms with Gasteiger partial charge in [-0.05, 0) is 63.6 Å². The molecule has 1 aromatic carbocycles. The van der Waals surface area contributed by atoms with Crippen LogP contribution in [0.1, 0.15) is 50.7 Å². The SMILES string of the molecule is COc1cc(C[C@@]2(C(=O)N[C@H](C(N)=O)[C@@H](C)O)CCCN2C(=O)[C@@H]2CCCN2C(=O)[C@@H](N)[C@@H](C)O)cc(C)c1OC. The first-order chi connectivity index (χ1) is 19.3. The Kier molecular flexibility index (Phi) is 10.2. The van der Waals surface area contributed by atoms with E-state index in [1.165, 1.54) is 37.9 Å². The Bertz CT molecular complexity index is 1160. The average Bonchev–Trinajstić information content (AvgIpc) is 3.58. The number of hydrogen-bond donors (Lipinski definition) is 5. The molecule has 2 saturated heterocycles. The van der Waals surface area contributed by atoms with Crippen LogP contribution in [-0.4, -0.2) is 107 Å². The van der Waals surface area contributed by atoms with Crippen molar-refractivity contribution in [1.29, 1.82) is 0 Å². The van der Waals surface area contributed by atoms with Crippen molar-refractivity contribution in [3.63, 3.8) is 0 Å². The monoisotopic (exact) mass is 577 g/mol. The van der Waals surface area contributed by atoms with E-state index in [9.17, 15) is 29.4 Å². The summed E-state index contributed by atoms with van der Waals surface area (Å²) in [5.41, 5.74) is 11.4. The molecule has 4 amide bonds. The molecule has 7 N–H and O–H groups in total. The molecule has 1 aromatic rings. The highest BCUT2D eigenvalue weighted by atomic mass is 16.5. The minimum Gasteiger partial charge on any atom is -0.493 e. The summed E-state index contributed by atoms with van der Waals surface area (Å²) in [5.74, 6) is -1.54. The molecule has 228 valence electrons. The molecule has 0 aromatic heterocycles. The molecular weight excluding hydrogens is 534 g/mol. The van der Waals surface area contributed by atoms with Gasteiger partial charge < -0.3 is 46.3 Å². The zero-order valence-electron chi connectivity index (χ0n) is 24.4. The number of rotatable bonds is 11. The summed E-state index contributed by atoms with van der Waals surface area (Å²) in [6.07, 6.45) is -0.639. The van der Waals surface area contributed by atoms with Gasteiger partial charge >= 0.3 is 0 Å². The molecule has 2 heterocycles. The van der Waals surface area contributed by atoms with Gasteiger partial charge in [-0.2, -0.15) is 0 Å². The summed E-state index contributed by atoms with van der Waals surface area (Å²) in [5, 5.41) is 22.6. The Morgan fingerprint density at radius 3 is 2.34 bits per heavy atom. The van der Waals surface area contributed by atoms with E-state index in [4.69, 9.17) is 20.9 Å². The zero-order valence-corrected chi connectivity index (χ0v) is 24.4. The van der Waals surface area contributed by atoms with Gasteiger partial charge in [0.2, 0.25) is 23.6 Å². The van der Waals surface area contributed by atoms with Crippen LogP contribution in [0.5, 0.6) is 11.5 Å². The third kappa shape index (κ3) is 6.41. The molecular formula is C28H43N5O8. The number of amides is 4. The van der Waals surface area contributed by atoms with Crippen molar-refractivity contribution in [2.45, 2.75) is 88.7 Å². The largest absolute Gasteiger partial charge is 0.493 e. The van der Waals surface area contributed by atoms with E-state index >= 15 is 0 Å². The summed E-state index contributed by atoms with van der Waals surface area (Å²) in [6, 6.07) is 0.137. The van der Waals surface area contributed by atoms with Crippen molar-refractivity contribution >= 4 is 23.6 Å². The van der Waals surface area contributed by atoms with Gasteiger partial charge in [0.05, 0.1) is 26.4 Å². The number of aliphatic hydroxyl groups is 2. The van der Waals surface area contributed by atoms with E-state index in [0.29, 0.717) is 42.9 Å². The van der Waals surface area contributed by atoms with Gasteiger partial charge in [-0.25, -0.2) is 0 Å². The lowest BCUT2D eigenvalue weighted by Gasteiger charge is -2.41. The van der Waals surface area contributed by atoms with Gasteiger partial charge in [-0.1, -0.05) is 6.07 Å². The van der Waals surface area contributed by atoms with Crippen LogP contribution < -0.4 is 26.3 Å². The van der Waals surface area contributed by atoms with Crippen molar-refractivity contribution in [3.05, 3.63) is 23.3 Å². The number of hydrogen-bond acceptors (Lipinski definition) is 9. The number of primary amides is 1. The predicted molar refractivity (Wildman–Crippen MR) is 149 cm³/mol. The van der Waals surface area contributed by atoms with E-state index in [1.54, 1.807) is 6.07 Å². The molecule has 0 aliphatic carbocycles. The Labute approximate surface area is 240 Å². The van der Waals surface area contributed by atoms with Gasteiger partial charge in [0.15, 0.2) is 11.5 Å². The number of carbonyl (C=O) groups excluding carboxylic acids is 4. The summed E-state index contributed by atoms with van der Waals surface area (Å²) in [6.45, 7) is 5.11. The lowest BCUT2D eigenvalue weighted by atomic mass is 9.85. The lowest BCUT2D eigenvalue weighted by molar-refractivity contribution is -0.152. The van der Waals surface area contributed by atoms with Crippen molar-refractivity contribution < 1.29 is 38.9 Å². The number of nitrogens with two attached hydrogens (primary N) is 2. The quantitative estimate of drug-likeness (QED) is 0.218. The van der Waals surface area contributed by atoms with Crippen LogP contribution in [0.25, 0.3) is 0 Å². The molecule has 0 radical (unpaired) electrons. The fourth-order valence-corrected chi connectivity index (χ4v) is 5.94. The second kappa shape index (κ2) is 13.0. The first-order valence-corrected chi connectivity index (χ1v) is 13.8. The number of nitrogens with zero attached hydrogens (tertiary/aromatic N) is 2. The summed E-state index contributed by atoms with van der Waals surface area (Å²) in [4.78, 5) is 56.2. The fraction of sp³-hybridized carbons (Fsp3) is 0.643. The molecule has 0 unspecified atom stereocenters. The van der Waals surface area contributed by atoms with Gasteiger partial charge in [0.1, 0.15) is 23.7 Å². The van der Waals surface area contributed by atoms with Gasteiger partial charge in [0.25, 0.3) is 0 Å². The number of aryl methyl sites for hydroxylation is 1. The first kappa shape index (κ1) is 32.1. The van der Waals surface area contributed by atoms with Crippen LogP contribution in [0, 0.1) is 6.92 Å². The number of nitrogens with one attached hydrogen (secondary N) is 1. The van der Waals surface area contributed by atoms with Crippen LogP contribution >= 0.6 is 0 Å². The number of methoxy groups -OCH3 is 2. The molecule has 0 bridgehead atoms. The minimum absolute atomic E-state index is 0.0604. The number of ether oxygens (including phenoxy) is 2. The highest BCUT2D eigenvalue weighted by molar-refractivity contribution is 5.98. The van der Waals surface area contributed by atoms with Crippen LogP contribution in [-0.2, 0) is 25.6 Å². The molecule has 3 rings (SSSR count). The van der Waals surface area contributed by atoms with Crippen LogP contribution in [0.3, 0.4) is 0 Å². The number of aliphatic hydroxyl groups excluding tert-OH is 2. The predicted octanol–water partition coefficient (Wildman–Crippen LogP) is -1.03. The van der Waals surface area contributed by atoms with E-state index < -0.39 is 59.5 Å². The van der Waals surface area contributed by atoms with Crippen molar-refractivity contribution in [3.8, 4) is 11.5 Å². The van der Waals surface area contributed by atoms with Crippen molar-refractivity contribution in [2.75, 3.05) is 27.3 Å². The molecule has 2 aliphatic rings. The molecule has 2 aliphatic heterocycles. The van der Waals surface area contributed by atoms with Gasteiger partial charge in [-0.15, -0.1) is 0 Å². The highest BCUT2D eigenvalue weighted by Gasteiger charge is 2.53. The van der Waals surface area contributed by atoms with Crippen molar-refractivity contribution in [1.82, 2.24) is 15.1 Å². The van der Waals surface area contributed by atoms with E-state index in [2.05, 4.69) is 5.32 Å². The Balaban J connectivity index is 2.06. The first-order valence-electron chi connectivity index (χ1n) is 13.8. The Morgan fingerprint density at radius 1 is 1.10 bits per heavy atom. The maximum atomic E-state index is 14.2. The summed E-state index contributed by atoms with van der Waals surface area (Å²) < 4.78 is 11.0. The van der Waals surface area contributed by atoms with Crippen molar-refractivity contribution in [2.24, 2.45) is 11.5 Å². The number of likely N-dealkylation sites (tertiary alicyclic amines) is 2. The van der Waals surface area contributed by atoms with Gasteiger partial charge in [-0.3, -0.25) is 19.2 Å². The Morgan fingerprint density at radius 2 is 1.78 bits per heavy atom. The Hall–Kier alpha value is -3.42. The normalized spacial score (nSPS) is 23.5. The third-order valence-electron chi connectivity index (χ3n) is 8.10. The molecule has 13 heteroatoms. The smallest absolute Gasteiger partial charge is 0.247 e.